The number of nitrogens with two attached hydrogens (primary N) is 2. The maximum absolute atomic E-state index is 6.25. The van der Waals surface area contributed by atoms with E-state index >= 15 is 0 Å². The SMILES string of the molecule is CC(C)N(C(C)C)[Si](N)(N)C(C)C. The lowest BCUT2D eigenvalue weighted by molar-refractivity contribution is 0.284. The van der Waals surface area contributed by atoms with E-state index in [1.54, 1.807) is 0 Å². The molecule has 3 nitrogen and oxygen atoms in total. The Balaban J connectivity index is 4.73. The van der Waals surface area contributed by atoms with E-state index in [4.69, 9.17) is 10.8 Å². The zero-order valence-corrected chi connectivity index (χ0v) is 10.8. The van der Waals surface area contributed by atoms with Crippen LogP contribution in [0.4, 0.5) is 0 Å². The van der Waals surface area contributed by atoms with Gasteiger partial charge in [0.05, 0.1) is 0 Å². The summed E-state index contributed by atoms with van der Waals surface area (Å²) in [5, 5.41) is 12.5. The van der Waals surface area contributed by atoms with E-state index < -0.39 is 8.56 Å². The summed E-state index contributed by atoms with van der Waals surface area (Å²) in [4.78, 5) is 0. The Morgan fingerprint density at radius 2 is 1.15 bits per heavy atom. The fourth-order valence-electron chi connectivity index (χ4n) is 1.79. The van der Waals surface area contributed by atoms with Crippen LogP contribution in [-0.4, -0.2) is 25.2 Å². The van der Waals surface area contributed by atoms with E-state index in [0.717, 1.165) is 0 Å². The Bertz CT molecular complexity index is 147. The molecular weight excluding hydrogens is 178 g/mol. The molecule has 4 heteroatoms. The highest BCUT2D eigenvalue weighted by atomic mass is 28.4. The molecule has 0 spiro atoms. The van der Waals surface area contributed by atoms with Crippen LogP contribution in [0.1, 0.15) is 41.5 Å². The van der Waals surface area contributed by atoms with Crippen LogP contribution in [0.15, 0.2) is 0 Å². The highest BCUT2D eigenvalue weighted by Gasteiger charge is 2.38. The Hall–Kier alpha value is 0.0969. The molecule has 4 N–H and O–H groups in total. The standard InChI is InChI=1S/C9H25N3Si/c1-7(2)12(8(3)4)13(10,11)9(5)6/h7-9H,10-11H2,1-6H3. The first-order valence-electron chi connectivity index (χ1n) is 5.07. The maximum atomic E-state index is 6.25. The van der Waals surface area contributed by atoms with Crippen LogP contribution in [0, 0.1) is 0 Å². The average Bonchev–Trinajstić information content (AvgIpc) is 1.82. The van der Waals surface area contributed by atoms with Crippen LogP contribution in [0.3, 0.4) is 0 Å². The van der Waals surface area contributed by atoms with E-state index in [-0.39, 0.29) is 0 Å². The van der Waals surface area contributed by atoms with E-state index in [9.17, 15) is 0 Å². The van der Waals surface area contributed by atoms with Crippen LogP contribution < -0.4 is 10.8 Å². The van der Waals surface area contributed by atoms with Crippen LogP contribution >= 0.6 is 0 Å². The van der Waals surface area contributed by atoms with Gasteiger partial charge in [0.2, 0.25) is 0 Å². The molecule has 0 radical (unpaired) electrons. The largest absolute Gasteiger partial charge is 0.327 e. The van der Waals surface area contributed by atoms with Crippen molar-refractivity contribution < 1.29 is 0 Å². The third kappa shape index (κ3) is 3.05. The number of hydrogen-bond donors (Lipinski definition) is 2. The fraction of sp³-hybridized carbons (Fsp3) is 1.00. The summed E-state index contributed by atoms with van der Waals surface area (Å²) in [6.07, 6.45) is 0. The van der Waals surface area contributed by atoms with Crippen molar-refractivity contribution >= 4 is 8.56 Å². The van der Waals surface area contributed by atoms with Crippen molar-refractivity contribution in [2.24, 2.45) is 10.8 Å². The smallest absolute Gasteiger partial charge is 0.281 e. The third-order valence-corrected chi connectivity index (χ3v) is 6.26. The van der Waals surface area contributed by atoms with E-state index in [1.165, 1.54) is 0 Å². The molecule has 0 unspecified atom stereocenters. The highest BCUT2D eigenvalue weighted by molar-refractivity contribution is 6.72. The first-order valence-corrected chi connectivity index (χ1v) is 7.25. The Kier molecular flexibility index (Phi) is 4.58. The van der Waals surface area contributed by atoms with Crippen molar-refractivity contribution in [3.8, 4) is 0 Å². The molecule has 0 saturated carbocycles. The monoisotopic (exact) mass is 203 g/mol. The summed E-state index contributed by atoms with van der Waals surface area (Å²) in [5.41, 5.74) is 0.386. The molecule has 0 aliphatic heterocycles. The van der Waals surface area contributed by atoms with Crippen molar-refractivity contribution in [1.82, 2.24) is 4.57 Å². The van der Waals surface area contributed by atoms with Crippen molar-refractivity contribution in [3.05, 3.63) is 0 Å². The lowest BCUT2D eigenvalue weighted by Gasteiger charge is -2.43. The van der Waals surface area contributed by atoms with Crippen molar-refractivity contribution in [1.29, 1.82) is 0 Å². The molecule has 0 fully saturated rings. The molecular formula is C9H25N3Si. The second-order valence-electron chi connectivity index (χ2n) is 4.64. The molecule has 0 aliphatic carbocycles. The summed E-state index contributed by atoms with van der Waals surface area (Å²) >= 11 is 0. The molecule has 0 rings (SSSR count). The zero-order valence-electron chi connectivity index (χ0n) is 9.83. The minimum Gasteiger partial charge on any atom is -0.327 e. The van der Waals surface area contributed by atoms with Crippen molar-refractivity contribution in [2.75, 3.05) is 0 Å². The van der Waals surface area contributed by atoms with Gasteiger partial charge in [-0.2, -0.15) is 0 Å². The molecule has 0 amide bonds. The van der Waals surface area contributed by atoms with Crippen LogP contribution in [0.2, 0.25) is 5.54 Å². The second-order valence-corrected chi connectivity index (χ2v) is 8.08. The average molecular weight is 203 g/mol. The minimum absolute atomic E-state index is 0.386. The Morgan fingerprint density at radius 1 is 0.846 bits per heavy atom. The first-order chi connectivity index (χ1) is 5.71. The maximum Gasteiger partial charge on any atom is 0.281 e. The van der Waals surface area contributed by atoms with Gasteiger partial charge in [0.1, 0.15) is 0 Å². The van der Waals surface area contributed by atoms with Crippen molar-refractivity contribution in [3.63, 3.8) is 0 Å². The Labute approximate surface area is 83.7 Å². The number of nitrogens with zero attached hydrogens (tertiary/aromatic N) is 1. The summed E-state index contributed by atoms with van der Waals surface area (Å²) in [7, 11) is -2.20. The molecule has 0 bridgehead atoms. The van der Waals surface area contributed by atoms with E-state index in [1.807, 2.05) is 0 Å². The third-order valence-electron chi connectivity index (χ3n) is 2.48. The molecule has 0 aromatic rings. The normalized spacial score (nSPS) is 13.8. The second kappa shape index (κ2) is 4.55. The van der Waals surface area contributed by atoms with Crippen molar-refractivity contribution in [2.45, 2.75) is 59.2 Å². The summed E-state index contributed by atoms with van der Waals surface area (Å²) in [6.45, 7) is 12.9. The fourth-order valence-corrected chi connectivity index (χ4v) is 4.17. The van der Waals surface area contributed by atoms with Gasteiger partial charge in [-0.1, -0.05) is 41.5 Å². The molecule has 0 heterocycles. The predicted octanol–water partition coefficient (Wildman–Crippen LogP) is 1.37. The van der Waals surface area contributed by atoms with Gasteiger partial charge < -0.3 is 10.8 Å². The minimum atomic E-state index is -2.20. The lowest BCUT2D eigenvalue weighted by Crippen LogP contribution is -2.74. The molecule has 13 heavy (non-hydrogen) atoms. The lowest BCUT2D eigenvalue weighted by atomic mass is 10.3. The molecule has 0 aliphatic rings. The van der Waals surface area contributed by atoms with Gasteiger partial charge in [0.25, 0.3) is 8.56 Å². The van der Waals surface area contributed by atoms with Gasteiger partial charge in [-0.3, -0.25) is 4.57 Å². The summed E-state index contributed by atoms with van der Waals surface area (Å²) in [5.74, 6) is 0. The molecule has 80 valence electrons. The predicted molar refractivity (Wildman–Crippen MR) is 61.3 cm³/mol. The van der Waals surface area contributed by atoms with Crippen LogP contribution in [0.25, 0.3) is 0 Å². The summed E-state index contributed by atoms with van der Waals surface area (Å²) in [6, 6.07) is 0.869. The Morgan fingerprint density at radius 3 is 1.23 bits per heavy atom. The van der Waals surface area contributed by atoms with Crippen LogP contribution in [0.5, 0.6) is 0 Å². The molecule has 0 aromatic carbocycles. The topological polar surface area (TPSA) is 55.3 Å². The van der Waals surface area contributed by atoms with Gasteiger partial charge >= 0.3 is 0 Å². The number of hydrogen-bond acceptors (Lipinski definition) is 3. The van der Waals surface area contributed by atoms with Crippen LogP contribution in [-0.2, 0) is 0 Å². The molecule has 0 atom stereocenters. The number of rotatable bonds is 4. The van der Waals surface area contributed by atoms with Gasteiger partial charge in [0.15, 0.2) is 0 Å². The first kappa shape index (κ1) is 13.1. The van der Waals surface area contributed by atoms with Gasteiger partial charge in [-0.25, -0.2) is 0 Å². The zero-order chi connectivity index (χ0) is 10.8. The van der Waals surface area contributed by atoms with Gasteiger partial charge in [-0.05, 0) is 17.6 Å². The van der Waals surface area contributed by atoms with Gasteiger partial charge in [0, 0.05) is 0 Å². The molecule has 0 aromatic heterocycles. The molecule has 0 saturated heterocycles. The quantitative estimate of drug-likeness (QED) is 0.679. The highest BCUT2D eigenvalue weighted by Crippen LogP contribution is 2.19. The van der Waals surface area contributed by atoms with E-state index in [0.29, 0.717) is 17.6 Å². The van der Waals surface area contributed by atoms with Gasteiger partial charge in [-0.15, -0.1) is 0 Å². The summed E-state index contributed by atoms with van der Waals surface area (Å²) < 4.78 is 2.29. The van der Waals surface area contributed by atoms with E-state index in [2.05, 4.69) is 46.1 Å².